The summed E-state index contributed by atoms with van der Waals surface area (Å²) < 4.78 is 5.28. The van der Waals surface area contributed by atoms with Crippen LogP contribution >= 0.6 is 15.9 Å². The summed E-state index contributed by atoms with van der Waals surface area (Å²) in [6, 6.07) is 6.55. The fourth-order valence-corrected chi connectivity index (χ4v) is 1.36. The lowest BCUT2D eigenvalue weighted by Crippen LogP contribution is -2.00. The normalized spacial score (nSPS) is 10.2. The summed E-state index contributed by atoms with van der Waals surface area (Å²) in [6.07, 6.45) is 0.783. The molecule has 0 aliphatic heterocycles. The van der Waals surface area contributed by atoms with Gasteiger partial charge in [0.05, 0.1) is 18.1 Å². The first-order valence-corrected chi connectivity index (χ1v) is 5.73. The van der Waals surface area contributed by atoms with Gasteiger partial charge in [-0.2, -0.15) is 0 Å². The lowest BCUT2D eigenvalue weighted by Gasteiger charge is -2.01. The molecule has 0 aromatic heterocycles. The molecule has 0 aliphatic carbocycles. The highest BCUT2D eigenvalue weighted by molar-refractivity contribution is 9.09. The molecule has 0 atom stereocenters. The molecule has 0 fully saturated rings. The number of halogens is 1. The summed E-state index contributed by atoms with van der Waals surface area (Å²) in [5.74, 6) is 0. The summed E-state index contributed by atoms with van der Waals surface area (Å²) >= 11 is 3.26. The van der Waals surface area contributed by atoms with Crippen molar-refractivity contribution in [1.82, 2.24) is 0 Å². The van der Waals surface area contributed by atoms with Gasteiger partial charge in [-0.15, -0.1) is 0 Å². The molecule has 0 unspecified atom stereocenters. The van der Waals surface area contributed by atoms with Gasteiger partial charge in [-0.05, 0) is 12.0 Å². The summed E-state index contributed by atoms with van der Waals surface area (Å²) in [5, 5.41) is 11.2. The minimum absolute atomic E-state index is 0.125. The fourth-order valence-electron chi connectivity index (χ4n) is 1.13. The quantitative estimate of drug-likeness (QED) is 0.346. The third-order valence-corrected chi connectivity index (χ3v) is 2.23. The van der Waals surface area contributed by atoms with Gasteiger partial charge in [-0.3, -0.25) is 10.1 Å². The van der Waals surface area contributed by atoms with Crippen LogP contribution in [0.1, 0.15) is 5.56 Å². The van der Waals surface area contributed by atoms with E-state index in [-0.39, 0.29) is 5.69 Å². The molecule has 0 saturated carbocycles. The molecule has 5 heteroatoms. The van der Waals surface area contributed by atoms with Gasteiger partial charge in [0.1, 0.15) is 0 Å². The monoisotopic (exact) mass is 273 g/mol. The molecule has 0 spiro atoms. The summed E-state index contributed by atoms with van der Waals surface area (Å²) in [6.45, 7) is 1.33. The van der Waals surface area contributed by atoms with E-state index in [1.807, 2.05) is 0 Å². The number of hydrogen-bond donors (Lipinski definition) is 0. The molecule has 0 bridgehead atoms. The molecule has 1 aromatic carbocycles. The van der Waals surface area contributed by atoms with Crippen LogP contribution in [0, 0.1) is 10.1 Å². The maximum Gasteiger partial charge on any atom is 0.269 e. The van der Waals surface area contributed by atoms with Crippen molar-refractivity contribution in [2.24, 2.45) is 0 Å². The number of nitro benzene ring substituents is 1. The van der Waals surface area contributed by atoms with Crippen LogP contribution < -0.4 is 0 Å². The van der Waals surface area contributed by atoms with E-state index in [0.717, 1.165) is 17.3 Å². The Morgan fingerprint density at radius 2 is 1.93 bits per heavy atom. The summed E-state index contributed by atoms with van der Waals surface area (Å²) in [4.78, 5) is 9.99. The van der Waals surface area contributed by atoms with E-state index >= 15 is 0 Å². The third-order valence-electron chi connectivity index (χ3n) is 1.90. The Labute approximate surface area is 96.5 Å². The van der Waals surface area contributed by atoms with Crippen LogP contribution in [0.3, 0.4) is 0 Å². The van der Waals surface area contributed by atoms with E-state index in [1.54, 1.807) is 12.1 Å². The number of non-ortho nitro benzene ring substituents is 1. The van der Waals surface area contributed by atoms with Crippen LogP contribution in [0.2, 0.25) is 0 Å². The number of benzene rings is 1. The van der Waals surface area contributed by atoms with Crippen molar-refractivity contribution in [2.75, 3.05) is 18.5 Å². The number of ether oxygens (including phenoxy) is 1. The van der Waals surface area contributed by atoms with Crippen LogP contribution in [-0.4, -0.2) is 23.5 Å². The molecule has 82 valence electrons. The highest BCUT2D eigenvalue weighted by atomic mass is 79.9. The average Bonchev–Trinajstić information content (AvgIpc) is 2.25. The maximum absolute atomic E-state index is 10.4. The molecular weight excluding hydrogens is 262 g/mol. The third kappa shape index (κ3) is 4.40. The Morgan fingerprint density at radius 1 is 1.27 bits per heavy atom. The smallest absolute Gasteiger partial charge is 0.269 e. The van der Waals surface area contributed by atoms with Crippen molar-refractivity contribution in [1.29, 1.82) is 0 Å². The highest BCUT2D eigenvalue weighted by Crippen LogP contribution is 2.12. The van der Waals surface area contributed by atoms with Gasteiger partial charge in [-0.1, -0.05) is 28.1 Å². The van der Waals surface area contributed by atoms with Gasteiger partial charge < -0.3 is 4.74 Å². The van der Waals surface area contributed by atoms with Gasteiger partial charge in [0, 0.05) is 17.5 Å². The van der Waals surface area contributed by atoms with Gasteiger partial charge in [-0.25, -0.2) is 0 Å². The number of hydrogen-bond acceptors (Lipinski definition) is 3. The van der Waals surface area contributed by atoms with Crippen LogP contribution in [0.25, 0.3) is 0 Å². The van der Waals surface area contributed by atoms with Crippen molar-refractivity contribution >= 4 is 21.6 Å². The largest absolute Gasteiger partial charge is 0.380 e. The summed E-state index contributed by atoms with van der Waals surface area (Å²) in [7, 11) is 0. The second-order valence-electron chi connectivity index (χ2n) is 2.97. The van der Waals surface area contributed by atoms with Gasteiger partial charge in [0.25, 0.3) is 5.69 Å². The minimum Gasteiger partial charge on any atom is -0.380 e. The topological polar surface area (TPSA) is 52.4 Å². The zero-order valence-electron chi connectivity index (χ0n) is 8.19. The fraction of sp³-hybridized carbons (Fsp3) is 0.400. The van der Waals surface area contributed by atoms with Gasteiger partial charge in [0.2, 0.25) is 0 Å². The zero-order chi connectivity index (χ0) is 11.1. The molecule has 0 N–H and O–H groups in total. The second-order valence-corrected chi connectivity index (χ2v) is 3.77. The Morgan fingerprint density at radius 3 is 2.47 bits per heavy atom. The molecule has 0 amide bonds. The Bertz CT molecular complexity index is 313. The molecule has 1 rings (SSSR count). The molecule has 15 heavy (non-hydrogen) atoms. The zero-order valence-corrected chi connectivity index (χ0v) is 9.77. The Hall–Kier alpha value is -0.940. The van der Waals surface area contributed by atoms with Crippen molar-refractivity contribution < 1.29 is 9.66 Å². The SMILES string of the molecule is O=[N+]([O-])c1ccc(CCOCCBr)cc1. The number of rotatable bonds is 6. The van der Waals surface area contributed by atoms with Crippen LogP contribution in [0.5, 0.6) is 0 Å². The number of nitro groups is 1. The van der Waals surface area contributed by atoms with Gasteiger partial charge in [0.15, 0.2) is 0 Å². The van der Waals surface area contributed by atoms with Crippen molar-refractivity contribution in [3.8, 4) is 0 Å². The molecule has 0 aliphatic rings. The minimum atomic E-state index is -0.398. The Balaban J connectivity index is 2.39. The average molecular weight is 274 g/mol. The first-order chi connectivity index (χ1) is 7.24. The van der Waals surface area contributed by atoms with Crippen molar-refractivity contribution in [2.45, 2.75) is 6.42 Å². The predicted molar refractivity (Wildman–Crippen MR) is 61.4 cm³/mol. The van der Waals surface area contributed by atoms with Crippen molar-refractivity contribution in [3.05, 3.63) is 39.9 Å². The molecular formula is C10H12BrNO3. The maximum atomic E-state index is 10.4. The first-order valence-electron chi connectivity index (χ1n) is 4.61. The second kappa shape index (κ2) is 6.53. The highest BCUT2D eigenvalue weighted by Gasteiger charge is 2.03. The Kier molecular flexibility index (Phi) is 5.28. The van der Waals surface area contributed by atoms with E-state index in [1.165, 1.54) is 12.1 Å². The molecule has 1 aromatic rings. The van der Waals surface area contributed by atoms with E-state index < -0.39 is 4.92 Å². The molecule has 0 heterocycles. The van der Waals surface area contributed by atoms with Crippen LogP contribution in [0.15, 0.2) is 24.3 Å². The number of alkyl halides is 1. The lowest BCUT2D eigenvalue weighted by atomic mass is 10.1. The van der Waals surface area contributed by atoms with E-state index in [9.17, 15) is 10.1 Å². The van der Waals surface area contributed by atoms with Crippen molar-refractivity contribution in [3.63, 3.8) is 0 Å². The van der Waals surface area contributed by atoms with Gasteiger partial charge >= 0.3 is 0 Å². The van der Waals surface area contributed by atoms with E-state index in [4.69, 9.17) is 4.74 Å². The predicted octanol–water partition coefficient (Wildman–Crippen LogP) is 2.55. The van der Waals surface area contributed by atoms with Crippen LogP contribution in [-0.2, 0) is 11.2 Å². The molecule has 0 saturated heterocycles. The van der Waals surface area contributed by atoms with E-state index in [0.29, 0.717) is 13.2 Å². The first kappa shape index (κ1) is 12.1. The molecule has 4 nitrogen and oxygen atoms in total. The standard InChI is InChI=1S/C10H12BrNO3/c11-6-8-15-7-5-9-1-3-10(4-2-9)12(13)14/h1-4H,5-8H2. The number of nitrogens with zero attached hydrogens (tertiary/aromatic N) is 1. The van der Waals surface area contributed by atoms with Crippen LogP contribution in [0.4, 0.5) is 5.69 Å². The molecule has 0 radical (unpaired) electrons. The summed E-state index contributed by atoms with van der Waals surface area (Å²) in [5.41, 5.74) is 1.18. The van der Waals surface area contributed by atoms with E-state index in [2.05, 4.69) is 15.9 Å². The lowest BCUT2D eigenvalue weighted by molar-refractivity contribution is -0.384.